The molecule has 2 N–H and O–H groups in total. The van der Waals surface area contributed by atoms with Gasteiger partial charge in [-0.3, -0.25) is 0 Å². The quantitative estimate of drug-likeness (QED) is 0.842. The van der Waals surface area contributed by atoms with Crippen LogP contribution < -0.4 is 5.32 Å². The Hall–Kier alpha value is -1.74. The number of nitrogens with one attached hydrogen (secondary N) is 1. The van der Waals surface area contributed by atoms with Crippen LogP contribution >= 0.6 is 11.6 Å². The fourth-order valence-electron chi connectivity index (χ4n) is 2.75. The fraction of sp³-hybridized carbons (Fsp3) is 0.250. The molecule has 2 aromatic carbocycles. The molecule has 1 unspecified atom stereocenters. The van der Waals surface area contributed by atoms with E-state index in [1.54, 1.807) is 24.3 Å². The highest BCUT2D eigenvalue weighted by molar-refractivity contribution is 6.33. The molecule has 0 aromatic heterocycles. The van der Waals surface area contributed by atoms with Gasteiger partial charge in [-0.15, -0.1) is 0 Å². The summed E-state index contributed by atoms with van der Waals surface area (Å²) in [6.07, 6.45) is 2.90. The molecule has 3 rings (SSSR count). The number of phenolic OH excluding ortho intramolecular Hbond substituents is 1. The number of anilines is 1. The Kier molecular flexibility index (Phi) is 3.53. The molecular weight excluding hydrogens is 277 g/mol. The smallest absolute Gasteiger partial charge is 0.147 e. The third kappa shape index (κ3) is 2.46. The van der Waals surface area contributed by atoms with Gasteiger partial charge in [0.2, 0.25) is 0 Å². The van der Waals surface area contributed by atoms with E-state index in [1.165, 1.54) is 11.6 Å². The van der Waals surface area contributed by atoms with Crippen molar-refractivity contribution in [2.75, 3.05) is 5.32 Å². The second-order valence-corrected chi connectivity index (χ2v) is 5.48. The van der Waals surface area contributed by atoms with Crippen molar-refractivity contribution in [3.8, 4) is 5.75 Å². The van der Waals surface area contributed by atoms with Crippen molar-refractivity contribution in [3.05, 3.63) is 58.4 Å². The van der Waals surface area contributed by atoms with E-state index in [2.05, 4.69) is 5.32 Å². The van der Waals surface area contributed by atoms with Crippen molar-refractivity contribution in [1.29, 1.82) is 0 Å². The third-order valence-electron chi connectivity index (χ3n) is 3.73. The summed E-state index contributed by atoms with van der Waals surface area (Å²) >= 11 is 6.06. The predicted molar refractivity (Wildman–Crippen MR) is 78.8 cm³/mol. The first kappa shape index (κ1) is 13.3. The van der Waals surface area contributed by atoms with E-state index >= 15 is 0 Å². The van der Waals surface area contributed by atoms with Gasteiger partial charge in [0.05, 0.1) is 16.8 Å². The van der Waals surface area contributed by atoms with Crippen LogP contribution in [-0.2, 0) is 6.42 Å². The van der Waals surface area contributed by atoms with Crippen molar-refractivity contribution in [2.24, 2.45) is 0 Å². The summed E-state index contributed by atoms with van der Waals surface area (Å²) in [6.45, 7) is 0. The zero-order valence-corrected chi connectivity index (χ0v) is 11.6. The van der Waals surface area contributed by atoms with Crippen LogP contribution in [0.2, 0.25) is 5.02 Å². The lowest BCUT2D eigenvalue weighted by Crippen LogP contribution is -2.18. The van der Waals surface area contributed by atoms with Crippen molar-refractivity contribution < 1.29 is 9.50 Å². The Morgan fingerprint density at radius 3 is 2.90 bits per heavy atom. The van der Waals surface area contributed by atoms with Crippen LogP contribution in [0.25, 0.3) is 0 Å². The van der Waals surface area contributed by atoms with Crippen LogP contribution in [0.15, 0.2) is 36.4 Å². The molecule has 0 radical (unpaired) electrons. The van der Waals surface area contributed by atoms with Gasteiger partial charge in [-0.05, 0) is 54.7 Å². The molecule has 1 atom stereocenters. The van der Waals surface area contributed by atoms with Crippen molar-refractivity contribution >= 4 is 17.3 Å². The molecule has 0 bridgehead atoms. The molecule has 1 aliphatic carbocycles. The van der Waals surface area contributed by atoms with Gasteiger partial charge in [0, 0.05) is 0 Å². The Bertz CT molecular complexity index is 624. The molecule has 104 valence electrons. The highest BCUT2D eigenvalue weighted by Crippen LogP contribution is 2.36. The summed E-state index contributed by atoms with van der Waals surface area (Å²) < 4.78 is 13.9. The van der Waals surface area contributed by atoms with Crippen LogP contribution in [0, 0.1) is 5.82 Å². The first-order valence-corrected chi connectivity index (χ1v) is 7.05. The topological polar surface area (TPSA) is 32.3 Å². The van der Waals surface area contributed by atoms with Gasteiger partial charge in [-0.25, -0.2) is 4.39 Å². The maximum atomic E-state index is 13.9. The van der Waals surface area contributed by atoms with E-state index < -0.39 is 0 Å². The average molecular weight is 292 g/mol. The summed E-state index contributed by atoms with van der Waals surface area (Å²) in [5, 5.41) is 13.2. The maximum Gasteiger partial charge on any atom is 0.147 e. The van der Waals surface area contributed by atoms with Gasteiger partial charge < -0.3 is 10.4 Å². The predicted octanol–water partition coefficient (Wildman–Crippen LogP) is 4.67. The largest absolute Gasteiger partial charge is 0.508 e. The van der Waals surface area contributed by atoms with Crippen molar-refractivity contribution in [2.45, 2.75) is 25.3 Å². The summed E-state index contributed by atoms with van der Waals surface area (Å²) in [6, 6.07) is 9.99. The first-order chi connectivity index (χ1) is 9.65. The van der Waals surface area contributed by atoms with Gasteiger partial charge in [-0.1, -0.05) is 23.7 Å². The molecule has 0 heterocycles. The minimum absolute atomic E-state index is 0.0275. The number of hydrogen-bond donors (Lipinski definition) is 2. The average Bonchev–Trinajstić information content (AvgIpc) is 2.43. The van der Waals surface area contributed by atoms with Crippen molar-refractivity contribution in [3.63, 3.8) is 0 Å². The van der Waals surface area contributed by atoms with E-state index in [1.807, 2.05) is 6.07 Å². The molecular formula is C16H15ClFNO. The van der Waals surface area contributed by atoms with E-state index in [9.17, 15) is 9.50 Å². The standard InChI is InChI=1S/C16H15ClFNO/c17-13-4-2-5-14(18)16(13)19-15-6-1-3-10-7-8-11(20)9-12(10)15/h2,4-5,7-9,15,19-20H,1,3,6H2. The number of para-hydroxylation sites is 1. The first-order valence-electron chi connectivity index (χ1n) is 6.67. The Morgan fingerprint density at radius 2 is 2.10 bits per heavy atom. The van der Waals surface area contributed by atoms with E-state index in [0.717, 1.165) is 24.8 Å². The second-order valence-electron chi connectivity index (χ2n) is 5.07. The van der Waals surface area contributed by atoms with Gasteiger partial charge >= 0.3 is 0 Å². The molecule has 4 heteroatoms. The molecule has 0 amide bonds. The zero-order valence-electron chi connectivity index (χ0n) is 10.9. The fourth-order valence-corrected chi connectivity index (χ4v) is 2.96. The molecule has 0 saturated carbocycles. The lowest BCUT2D eigenvalue weighted by Gasteiger charge is -2.28. The molecule has 20 heavy (non-hydrogen) atoms. The number of aromatic hydroxyl groups is 1. The van der Waals surface area contributed by atoms with Crippen LogP contribution in [0.1, 0.15) is 30.0 Å². The molecule has 0 fully saturated rings. The second kappa shape index (κ2) is 5.33. The van der Waals surface area contributed by atoms with Crippen molar-refractivity contribution in [1.82, 2.24) is 0 Å². The highest BCUT2D eigenvalue weighted by Gasteiger charge is 2.22. The summed E-state index contributed by atoms with van der Waals surface area (Å²) in [7, 11) is 0. The van der Waals surface area contributed by atoms with E-state index in [4.69, 9.17) is 11.6 Å². The molecule has 1 aliphatic rings. The summed E-state index contributed by atoms with van der Waals surface area (Å²) in [5.41, 5.74) is 2.55. The van der Waals surface area contributed by atoms with Crippen LogP contribution in [-0.4, -0.2) is 5.11 Å². The number of hydrogen-bond acceptors (Lipinski definition) is 2. The zero-order chi connectivity index (χ0) is 14.1. The highest BCUT2D eigenvalue weighted by atomic mass is 35.5. The van der Waals surface area contributed by atoms with Gasteiger partial charge in [0.25, 0.3) is 0 Å². The number of benzene rings is 2. The minimum Gasteiger partial charge on any atom is -0.508 e. The number of aryl methyl sites for hydroxylation is 1. The van der Waals surface area contributed by atoms with Crippen LogP contribution in [0.5, 0.6) is 5.75 Å². The third-order valence-corrected chi connectivity index (χ3v) is 4.04. The molecule has 0 aliphatic heterocycles. The number of phenols is 1. The molecule has 2 nitrogen and oxygen atoms in total. The van der Waals surface area contributed by atoms with E-state index in [0.29, 0.717) is 10.7 Å². The normalized spacial score (nSPS) is 17.6. The molecule has 0 saturated heterocycles. The Labute approximate surface area is 122 Å². The van der Waals surface area contributed by atoms with Gasteiger partial charge in [-0.2, -0.15) is 0 Å². The number of rotatable bonds is 2. The Morgan fingerprint density at radius 1 is 1.25 bits per heavy atom. The lowest BCUT2D eigenvalue weighted by molar-refractivity contribution is 0.471. The molecule has 0 spiro atoms. The van der Waals surface area contributed by atoms with Crippen LogP contribution in [0.4, 0.5) is 10.1 Å². The van der Waals surface area contributed by atoms with Gasteiger partial charge in [0.15, 0.2) is 0 Å². The summed E-state index contributed by atoms with van der Waals surface area (Å²) in [5.74, 6) is -0.123. The van der Waals surface area contributed by atoms with Crippen LogP contribution in [0.3, 0.4) is 0 Å². The lowest BCUT2D eigenvalue weighted by atomic mass is 9.87. The Balaban J connectivity index is 1.95. The SMILES string of the molecule is Oc1ccc2c(c1)C(Nc1c(F)cccc1Cl)CCC2. The van der Waals surface area contributed by atoms with E-state index in [-0.39, 0.29) is 17.6 Å². The monoisotopic (exact) mass is 291 g/mol. The summed E-state index contributed by atoms with van der Waals surface area (Å²) in [4.78, 5) is 0. The minimum atomic E-state index is -0.357. The molecule has 2 aromatic rings. The maximum absolute atomic E-state index is 13.9. The van der Waals surface area contributed by atoms with Gasteiger partial charge in [0.1, 0.15) is 11.6 Å². The number of halogens is 2. The number of fused-ring (bicyclic) bond motifs is 1.